The molecule has 0 aliphatic rings. The van der Waals surface area contributed by atoms with Gasteiger partial charge < -0.3 is 25.0 Å². The van der Waals surface area contributed by atoms with E-state index in [4.69, 9.17) is 9.47 Å². The number of anilines is 1. The van der Waals surface area contributed by atoms with Gasteiger partial charge in [-0.1, -0.05) is 36.9 Å². The Hall–Kier alpha value is -4.07. The highest BCUT2D eigenvalue weighted by Crippen LogP contribution is 2.26. The van der Waals surface area contributed by atoms with Crippen LogP contribution in [0.25, 0.3) is 6.08 Å². The molecule has 8 nitrogen and oxygen atoms in total. The Bertz CT molecular complexity index is 1090. The summed E-state index contributed by atoms with van der Waals surface area (Å²) in [6.07, 6.45) is 2.46. The third-order valence-corrected chi connectivity index (χ3v) is 5.09. The van der Waals surface area contributed by atoms with Gasteiger partial charge in [0, 0.05) is 12.2 Å². The molecule has 2 unspecified atom stereocenters. The van der Waals surface area contributed by atoms with Crippen LogP contribution in [0.5, 0.6) is 5.75 Å². The topological polar surface area (TPSA) is 97.0 Å². The van der Waals surface area contributed by atoms with Gasteiger partial charge >= 0.3 is 6.09 Å². The predicted octanol–water partition coefficient (Wildman–Crippen LogP) is 4.95. The Morgan fingerprint density at radius 3 is 2.31 bits per heavy atom. The summed E-state index contributed by atoms with van der Waals surface area (Å²) >= 11 is 0. The molecule has 0 bridgehead atoms. The normalized spacial score (nSPS) is 12.5. The zero-order valence-corrected chi connectivity index (χ0v) is 21.5. The summed E-state index contributed by atoms with van der Waals surface area (Å²) in [5.74, 6) is -0.255. The number of ether oxygens (including phenoxy) is 2. The van der Waals surface area contributed by atoms with Crippen LogP contribution in [-0.2, 0) is 14.3 Å². The third kappa shape index (κ3) is 8.01. The molecule has 2 rings (SSSR count). The van der Waals surface area contributed by atoms with E-state index in [0.717, 1.165) is 5.56 Å². The monoisotopic (exact) mass is 493 g/mol. The number of benzene rings is 2. The average molecular weight is 494 g/mol. The van der Waals surface area contributed by atoms with E-state index >= 15 is 0 Å². The first-order chi connectivity index (χ1) is 17.0. The Labute approximate surface area is 213 Å². The van der Waals surface area contributed by atoms with Crippen LogP contribution in [0.3, 0.4) is 0 Å². The highest BCUT2D eigenvalue weighted by atomic mass is 16.6. The molecule has 36 heavy (non-hydrogen) atoms. The second-order valence-corrected chi connectivity index (χ2v) is 9.14. The lowest BCUT2D eigenvalue weighted by Crippen LogP contribution is -2.51. The van der Waals surface area contributed by atoms with Gasteiger partial charge in [-0.25, -0.2) is 4.79 Å². The summed E-state index contributed by atoms with van der Waals surface area (Å²) in [7, 11) is 1.56. The molecule has 0 saturated carbocycles. The van der Waals surface area contributed by atoms with E-state index in [2.05, 4.69) is 23.8 Å². The van der Waals surface area contributed by atoms with E-state index < -0.39 is 35.6 Å². The maximum Gasteiger partial charge on any atom is 0.408 e. The summed E-state index contributed by atoms with van der Waals surface area (Å²) in [6.45, 7) is 14.4. The number of alkyl carbamates (subject to hydrolysis) is 1. The summed E-state index contributed by atoms with van der Waals surface area (Å²) in [6, 6.07) is 12.1. The number of carbonyl (C=O) groups excluding carboxylic acids is 3. The fourth-order valence-electron chi connectivity index (χ4n) is 3.47. The first-order valence-electron chi connectivity index (χ1n) is 11.6. The molecule has 192 valence electrons. The number of hydrogen-bond acceptors (Lipinski definition) is 5. The van der Waals surface area contributed by atoms with Crippen molar-refractivity contribution in [2.24, 2.45) is 0 Å². The molecule has 0 aromatic heterocycles. The molecule has 3 amide bonds. The van der Waals surface area contributed by atoms with Crippen LogP contribution in [0.15, 0.2) is 67.8 Å². The Morgan fingerprint density at radius 1 is 1.08 bits per heavy atom. The third-order valence-electron chi connectivity index (χ3n) is 5.09. The van der Waals surface area contributed by atoms with Crippen molar-refractivity contribution in [1.29, 1.82) is 0 Å². The standard InChI is InChI=1S/C28H35N3O5/c1-8-17-31(26(33)19(3)29-27(34)36-28(4,5)6)24(21-12-10-11-20(9-2)18-21)25(32)30-22-13-15-23(35-7)16-14-22/h8-16,18-19,24H,1-2,17H2,3-7H3,(H,29,34)(H,30,32). The summed E-state index contributed by atoms with van der Waals surface area (Å²) in [5.41, 5.74) is 1.19. The zero-order valence-electron chi connectivity index (χ0n) is 21.5. The molecule has 0 heterocycles. The van der Waals surface area contributed by atoms with Crippen LogP contribution < -0.4 is 15.4 Å². The Kier molecular flexibility index (Phi) is 9.84. The maximum absolute atomic E-state index is 13.6. The molecule has 0 spiro atoms. The first-order valence-corrected chi connectivity index (χ1v) is 11.6. The van der Waals surface area contributed by atoms with Gasteiger partial charge in [0.25, 0.3) is 5.91 Å². The van der Waals surface area contributed by atoms with Crippen molar-refractivity contribution in [1.82, 2.24) is 10.2 Å². The van der Waals surface area contributed by atoms with Gasteiger partial charge in [-0.2, -0.15) is 0 Å². The number of amides is 3. The number of methoxy groups -OCH3 is 1. The fourth-order valence-corrected chi connectivity index (χ4v) is 3.47. The minimum atomic E-state index is -1.01. The van der Waals surface area contributed by atoms with Gasteiger partial charge in [-0.05, 0) is 69.2 Å². The summed E-state index contributed by atoms with van der Waals surface area (Å²) < 4.78 is 10.5. The number of rotatable bonds is 10. The number of hydrogen-bond donors (Lipinski definition) is 2. The highest BCUT2D eigenvalue weighted by molar-refractivity contribution is 5.99. The molecule has 0 fully saturated rings. The van der Waals surface area contributed by atoms with Crippen LogP contribution in [0, 0.1) is 0 Å². The average Bonchev–Trinajstić information content (AvgIpc) is 2.82. The van der Waals surface area contributed by atoms with Crippen molar-refractivity contribution in [3.05, 3.63) is 78.9 Å². The van der Waals surface area contributed by atoms with E-state index in [1.807, 2.05) is 6.07 Å². The molecular weight excluding hydrogens is 458 g/mol. The number of nitrogens with one attached hydrogen (secondary N) is 2. The van der Waals surface area contributed by atoms with Gasteiger partial charge in [0.1, 0.15) is 23.4 Å². The van der Waals surface area contributed by atoms with Crippen molar-refractivity contribution >= 4 is 29.7 Å². The minimum Gasteiger partial charge on any atom is -0.497 e. The minimum absolute atomic E-state index is 0.0676. The maximum atomic E-state index is 13.6. The van der Waals surface area contributed by atoms with Gasteiger partial charge in [0.05, 0.1) is 7.11 Å². The van der Waals surface area contributed by atoms with Crippen molar-refractivity contribution < 1.29 is 23.9 Å². The molecule has 0 aliphatic heterocycles. The first kappa shape index (κ1) is 28.2. The SMILES string of the molecule is C=CCN(C(=O)C(C)NC(=O)OC(C)(C)C)C(C(=O)Nc1ccc(OC)cc1)c1cccc(C=C)c1. The smallest absolute Gasteiger partial charge is 0.408 e. The van der Waals surface area contributed by atoms with E-state index in [0.29, 0.717) is 17.0 Å². The van der Waals surface area contributed by atoms with Crippen molar-refractivity contribution in [2.75, 3.05) is 19.0 Å². The van der Waals surface area contributed by atoms with Gasteiger partial charge in [0.2, 0.25) is 5.91 Å². The van der Waals surface area contributed by atoms with Gasteiger partial charge in [-0.3, -0.25) is 9.59 Å². The lowest BCUT2D eigenvalue weighted by atomic mass is 10.0. The summed E-state index contributed by atoms with van der Waals surface area (Å²) in [4.78, 5) is 40.8. The number of nitrogens with zero attached hydrogens (tertiary/aromatic N) is 1. The second kappa shape index (κ2) is 12.6. The van der Waals surface area contributed by atoms with Crippen LogP contribution in [-0.4, -0.2) is 48.1 Å². The molecule has 0 aliphatic carbocycles. The van der Waals surface area contributed by atoms with E-state index in [1.54, 1.807) is 83.3 Å². The second-order valence-electron chi connectivity index (χ2n) is 9.14. The van der Waals surface area contributed by atoms with Crippen LogP contribution in [0.1, 0.15) is 44.9 Å². The van der Waals surface area contributed by atoms with Gasteiger partial charge in [0.15, 0.2) is 0 Å². The predicted molar refractivity (Wildman–Crippen MR) is 142 cm³/mol. The van der Waals surface area contributed by atoms with E-state index in [1.165, 1.54) is 11.0 Å². The lowest BCUT2D eigenvalue weighted by molar-refractivity contribution is -0.139. The highest BCUT2D eigenvalue weighted by Gasteiger charge is 2.34. The van der Waals surface area contributed by atoms with Gasteiger partial charge in [-0.15, -0.1) is 6.58 Å². The Morgan fingerprint density at radius 2 is 1.75 bits per heavy atom. The number of carbonyl (C=O) groups is 3. The van der Waals surface area contributed by atoms with Crippen molar-refractivity contribution in [3.63, 3.8) is 0 Å². The van der Waals surface area contributed by atoms with Crippen LogP contribution >= 0.6 is 0 Å². The zero-order chi connectivity index (χ0) is 26.9. The van der Waals surface area contributed by atoms with E-state index in [9.17, 15) is 14.4 Å². The van der Waals surface area contributed by atoms with Crippen molar-refractivity contribution in [3.8, 4) is 5.75 Å². The van der Waals surface area contributed by atoms with Crippen LogP contribution in [0.2, 0.25) is 0 Å². The molecule has 2 N–H and O–H groups in total. The molecule has 2 aromatic carbocycles. The quantitative estimate of drug-likeness (QED) is 0.457. The lowest BCUT2D eigenvalue weighted by Gasteiger charge is -2.33. The largest absolute Gasteiger partial charge is 0.497 e. The molecular formula is C28H35N3O5. The molecule has 8 heteroatoms. The van der Waals surface area contributed by atoms with E-state index in [-0.39, 0.29) is 6.54 Å². The molecule has 0 saturated heterocycles. The Balaban J connectivity index is 2.42. The molecule has 0 radical (unpaired) electrons. The molecule has 2 atom stereocenters. The summed E-state index contributed by atoms with van der Waals surface area (Å²) in [5, 5.41) is 5.43. The fraction of sp³-hybridized carbons (Fsp3) is 0.321. The van der Waals surface area contributed by atoms with Crippen molar-refractivity contribution in [2.45, 2.75) is 45.4 Å². The van der Waals surface area contributed by atoms with Crippen LogP contribution in [0.4, 0.5) is 10.5 Å². The molecule has 2 aromatic rings.